The highest BCUT2D eigenvalue weighted by Crippen LogP contribution is 2.26. The molecule has 7 heteroatoms. The molecule has 0 fully saturated rings. The maximum absolute atomic E-state index is 12.9. The van der Waals surface area contributed by atoms with E-state index in [1.54, 1.807) is 23.5 Å². The number of rotatable bonds is 5. The van der Waals surface area contributed by atoms with Crippen LogP contribution in [0.25, 0.3) is 11.1 Å². The maximum atomic E-state index is 12.9. The number of hydrogen-bond acceptors (Lipinski definition) is 4. The highest BCUT2D eigenvalue weighted by atomic mass is 35.5. The first-order valence-corrected chi connectivity index (χ1v) is 9.81. The summed E-state index contributed by atoms with van der Waals surface area (Å²) in [5.41, 5.74) is 4.58. The molecule has 1 amide bonds. The van der Waals surface area contributed by atoms with Crippen LogP contribution in [0.4, 0.5) is 0 Å². The van der Waals surface area contributed by atoms with Crippen molar-refractivity contribution >= 4 is 17.5 Å². The minimum absolute atomic E-state index is 0.154. The van der Waals surface area contributed by atoms with Crippen LogP contribution in [0.3, 0.4) is 0 Å². The smallest absolute Gasteiger partial charge is 0.270 e. The van der Waals surface area contributed by atoms with Gasteiger partial charge in [0.2, 0.25) is 0 Å². The molecule has 2 aromatic carbocycles. The molecule has 0 saturated heterocycles. The summed E-state index contributed by atoms with van der Waals surface area (Å²) in [7, 11) is 0. The zero-order valence-corrected chi connectivity index (χ0v) is 16.7. The molecule has 0 radical (unpaired) electrons. The lowest BCUT2D eigenvalue weighted by Crippen LogP contribution is -3.00. The van der Waals surface area contributed by atoms with E-state index >= 15 is 0 Å². The Morgan fingerprint density at radius 3 is 2.45 bits per heavy atom. The molecule has 0 aliphatic carbocycles. The van der Waals surface area contributed by atoms with Gasteiger partial charge in [-0.15, -0.1) is 5.06 Å². The van der Waals surface area contributed by atoms with Gasteiger partial charge in [0.05, 0.1) is 6.20 Å². The SMILES string of the molecule is CCC1=C(C(=O)NCc2ccc(-c3ccc(Cl)cc3)cc2)N2C=C[NH+](O)C=C2N1. The van der Waals surface area contributed by atoms with Crippen molar-refractivity contribution in [3.05, 3.63) is 94.9 Å². The third-order valence-corrected chi connectivity index (χ3v) is 5.15. The zero-order valence-electron chi connectivity index (χ0n) is 15.9. The molecule has 0 saturated carbocycles. The van der Waals surface area contributed by atoms with E-state index in [1.807, 2.05) is 55.5 Å². The van der Waals surface area contributed by atoms with Gasteiger partial charge in [0.15, 0.2) is 12.0 Å². The monoisotopic (exact) mass is 409 g/mol. The van der Waals surface area contributed by atoms with Crippen LogP contribution in [0.1, 0.15) is 18.9 Å². The number of nitrogens with one attached hydrogen (secondary N) is 3. The van der Waals surface area contributed by atoms with E-state index < -0.39 is 0 Å². The Balaban J connectivity index is 1.43. The third-order valence-electron chi connectivity index (χ3n) is 4.90. The van der Waals surface area contributed by atoms with Gasteiger partial charge in [0.25, 0.3) is 5.91 Å². The van der Waals surface area contributed by atoms with Gasteiger partial charge < -0.3 is 10.6 Å². The van der Waals surface area contributed by atoms with Gasteiger partial charge in [-0.2, -0.15) is 0 Å². The van der Waals surface area contributed by atoms with Gasteiger partial charge in [0.1, 0.15) is 11.9 Å². The summed E-state index contributed by atoms with van der Waals surface area (Å²) in [6.07, 6.45) is 5.54. The predicted molar refractivity (Wildman–Crippen MR) is 111 cm³/mol. The average Bonchev–Trinajstić information content (AvgIpc) is 3.10. The van der Waals surface area contributed by atoms with Crippen LogP contribution in [-0.2, 0) is 11.3 Å². The first kappa shape index (κ1) is 19.3. The Morgan fingerprint density at radius 2 is 1.79 bits per heavy atom. The molecule has 29 heavy (non-hydrogen) atoms. The van der Waals surface area contributed by atoms with Crippen LogP contribution in [0.2, 0.25) is 5.02 Å². The largest absolute Gasteiger partial charge is 0.347 e. The minimum Gasteiger partial charge on any atom is -0.347 e. The number of amides is 1. The second-order valence-corrected chi connectivity index (χ2v) is 7.27. The van der Waals surface area contributed by atoms with E-state index in [4.69, 9.17) is 11.6 Å². The Hall–Kier alpha value is -3.06. The number of quaternary nitrogens is 1. The van der Waals surface area contributed by atoms with Crippen LogP contribution in [0, 0.1) is 0 Å². The van der Waals surface area contributed by atoms with Crippen molar-refractivity contribution in [3.63, 3.8) is 0 Å². The van der Waals surface area contributed by atoms with Crippen LogP contribution in [0.15, 0.2) is 84.3 Å². The summed E-state index contributed by atoms with van der Waals surface area (Å²) in [6, 6.07) is 15.8. The Kier molecular flexibility index (Phi) is 5.40. The van der Waals surface area contributed by atoms with Gasteiger partial charge in [-0.3, -0.25) is 9.69 Å². The molecule has 4 rings (SSSR count). The number of carbonyl (C=O) groups is 1. The van der Waals surface area contributed by atoms with Crippen LogP contribution >= 0.6 is 11.6 Å². The molecule has 2 aliphatic rings. The van der Waals surface area contributed by atoms with E-state index in [1.165, 1.54) is 0 Å². The number of hydroxylamine groups is 2. The summed E-state index contributed by atoms with van der Waals surface area (Å²) >= 11 is 5.95. The molecule has 4 N–H and O–H groups in total. The fourth-order valence-corrected chi connectivity index (χ4v) is 3.49. The molecule has 6 nitrogen and oxygen atoms in total. The highest BCUT2D eigenvalue weighted by molar-refractivity contribution is 6.30. The van der Waals surface area contributed by atoms with Gasteiger partial charge >= 0.3 is 0 Å². The van der Waals surface area contributed by atoms with E-state index in [2.05, 4.69) is 10.6 Å². The molecule has 2 aromatic rings. The number of allylic oxidation sites excluding steroid dienone is 1. The quantitative estimate of drug-likeness (QED) is 0.613. The number of halogens is 1. The van der Waals surface area contributed by atoms with Crippen LogP contribution in [-0.4, -0.2) is 16.0 Å². The molecule has 2 heterocycles. The normalized spacial score (nSPS) is 17.7. The van der Waals surface area contributed by atoms with Crippen LogP contribution < -0.4 is 15.7 Å². The first-order valence-electron chi connectivity index (χ1n) is 9.43. The number of carbonyl (C=O) groups excluding carboxylic acids is 1. The number of nitrogens with zero attached hydrogens (tertiary/aromatic N) is 1. The van der Waals surface area contributed by atoms with E-state index in [0.717, 1.165) is 22.4 Å². The van der Waals surface area contributed by atoms with Crippen molar-refractivity contribution in [3.8, 4) is 11.1 Å². The topological polar surface area (TPSA) is 69.0 Å². The number of fused-ring (bicyclic) bond motifs is 1. The molecule has 1 unspecified atom stereocenters. The zero-order chi connectivity index (χ0) is 20.4. The summed E-state index contributed by atoms with van der Waals surface area (Å²) in [4.78, 5) is 14.6. The highest BCUT2D eigenvalue weighted by Gasteiger charge is 2.33. The Bertz CT molecular complexity index is 1010. The molecular weight excluding hydrogens is 388 g/mol. The third kappa shape index (κ3) is 4.05. The van der Waals surface area contributed by atoms with Crippen molar-refractivity contribution in [2.45, 2.75) is 19.9 Å². The lowest BCUT2D eigenvalue weighted by atomic mass is 10.0. The van der Waals surface area contributed by atoms with Crippen molar-refractivity contribution in [1.82, 2.24) is 15.5 Å². The van der Waals surface area contributed by atoms with Gasteiger partial charge in [-0.05, 0) is 35.2 Å². The lowest BCUT2D eigenvalue weighted by Gasteiger charge is -2.20. The lowest BCUT2D eigenvalue weighted by molar-refractivity contribution is -1.00. The van der Waals surface area contributed by atoms with Gasteiger partial charge in [0, 0.05) is 17.3 Å². The molecule has 1 atom stereocenters. The number of hydrogen-bond donors (Lipinski definition) is 4. The summed E-state index contributed by atoms with van der Waals surface area (Å²) < 4.78 is 0. The molecule has 0 bridgehead atoms. The minimum atomic E-state index is -0.162. The standard InChI is InChI=1S/C22H21ClN4O2/c1-2-19-21(27-12-11-26(29)14-20(27)25-19)22(28)24-13-15-3-5-16(6-4-15)17-7-9-18(23)10-8-17/h3-12,14,25,29H,2,13H2,1H3,(H,24,28)/p+1. The van der Waals surface area contributed by atoms with Crippen molar-refractivity contribution in [1.29, 1.82) is 0 Å². The summed E-state index contributed by atoms with van der Waals surface area (Å²) in [5, 5.41) is 16.7. The second-order valence-electron chi connectivity index (χ2n) is 6.83. The fraction of sp³-hybridized carbons (Fsp3) is 0.136. The van der Waals surface area contributed by atoms with Crippen molar-refractivity contribution in [2.24, 2.45) is 0 Å². The van der Waals surface area contributed by atoms with Gasteiger partial charge in [-0.25, -0.2) is 5.21 Å². The fourth-order valence-electron chi connectivity index (χ4n) is 3.37. The Morgan fingerprint density at radius 1 is 1.14 bits per heavy atom. The molecule has 0 spiro atoms. The molecule has 0 aromatic heterocycles. The maximum Gasteiger partial charge on any atom is 0.270 e. The van der Waals surface area contributed by atoms with Crippen molar-refractivity contribution < 1.29 is 15.1 Å². The summed E-state index contributed by atoms with van der Waals surface area (Å²) in [5.74, 6) is 0.518. The van der Waals surface area contributed by atoms with E-state index in [0.29, 0.717) is 29.5 Å². The van der Waals surface area contributed by atoms with Crippen molar-refractivity contribution in [2.75, 3.05) is 0 Å². The van der Waals surface area contributed by atoms with Crippen LogP contribution in [0.5, 0.6) is 0 Å². The first-order chi connectivity index (χ1) is 14.0. The predicted octanol–water partition coefficient (Wildman–Crippen LogP) is 2.71. The van der Waals surface area contributed by atoms with Gasteiger partial charge in [-0.1, -0.05) is 54.9 Å². The average molecular weight is 410 g/mol. The number of benzene rings is 2. The second kappa shape index (κ2) is 8.13. The molecule has 2 aliphatic heterocycles. The van der Waals surface area contributed by atoms with E-state index in [9.17, 15) is 10.0 Å². The molecule has 148 valence electrons. The molecular formula is C22H22ClN4O2+. The Labute approximate surface area is 174 Å². The van der Waals surface area contributed by atoms with E-state index in [-0.39, 0.29) is 11.0 Å². The summed E-state index contributed by atoms with van der Waals surface area (Å²) in [6.45, 7) is 2.41.